The van der Waals surface area contributed by atoms with Gasteiger partial charge in [0.25, 0.3) is 0 Å². The van der Waals surface area contributed by atoms with Crippen molar-refractivity contribution >= 4 is 75.5 Å². The summed E-state index contributed by atoms with van der Waals surface area (Å²) < 4.78 is 0. The molecule has 0 aromatic rings. The summed E-state index contributed by atoms with van der Waals surface area (Å²) in [6, 6.07) is 0. The second kappa shape index (κ2) is 60.4. The number of rotatable bonds is 0. The summed E-state index contributed by atoms with van der Waals surface area (Å²) in [6.07, 6.45) is 0. The fraction of sp³-hybridized carbons (Fsp3) is 0. The molecule has 11 heteroatoms. The van der Waals surface area contributed by atoms with E-state index < -0.39 is 23.1 Å². The number of hydrogen-bond donors (Lipinski definition) is 0. The van der Waals surface area contributed by atoms with Gasteiger partial charge in [0.05, 0.1) is 0 Å². The van der Waals surface area contributed by atoms with Crippen molar-refractivity contribution in [3.05, 3.63) is 0 Å². The van der Waals surface area contributed by atoms with Crippen LogP contribution < -0.4 is 30.1 Å². The molecule has 0 aliphatic heterocycles. The topological polar surface area (TPSA) is 138 Å². The Morgan fingerprint density at radius 2 is 0.455 bits per heavy atom. The summed E-state index contributed by atoms with van der Waals surface area (Å²) in [6.45, 7) is 0. The van der Waals surface area contributed by atoms with Gasteiger partial charge < -0.3 is 30.1 Å². The van der Waals surface area contributed by atoms with Crippen molar-refractivity contribution < 1.29 is 30.1 Å². The molecule has 0 rings (SSSR count). The third-order valence-electron chi connectivity index (χ3n) is 0. The van der Waals surface area contributed by atoms with Gasteiger partial charge in [0.1, 0.15) is 0 Å². The van der Waals surface area contributed by atoms with Crippen molar-refractivity contribution in [2.45, 2.75) is 0 Å². The van der Waals surface area contributed by atoms with Crippen molar-refractivity contribution in [1.82, 2.24) is 0 Å². The Hall–Kier alpha value is 1.72. The van der Waals surface area contributed by atoms with E-state index in [0.29, 0.717) is 0 Å². The summed E-state index contributed by atoms with van der Waals surface area (Å²) >= 11 is 0. The molecular formula is H3B3Bi2O6. The Balaban J connectivity index is -0.0000000150. The van der Waals surface area contributed by atoms with Gasteiger partial charge in [-0.05, 0) is 0 Å². The quantitative estimate of drug-likeness (QED) is 0.275. The van der Waals surface area contributed by atoms with Crippen molar-refractivity contribution in [3.63, 3.8) is 0 Å². The molecule has 0 aliphatic rings. The fourth-order valence-corrected chi connectivity index (χ4v) is 0. The first-order valence-corrected chi connectivity index (χ1v) is 1.73. The standard InChI is InChI=1S/3BHO2.2Bi/c3*2-1-3;;/h3*1H;;/q3*-2;2*+3. The first-order valence-electron chi connectivity index (χ1n) is 1.73. The van der Waals surface area contributed by atoms with Crippen LogP contribution in [0.3, 0.4) is 0 Å². The van der Waals surface area contributed by atoms with Gasteiger partial charge in [0, 0.05) is 0 Å². The normalized spacial score (nSPS) is 3.82. The van der Waals surface area contributed by atoms with Crippen LogP contribution in [0.2, 0.25) is 0 Å². The van der Waals surface area contributed by atoms with Crippen LogP contribution in [0.15, 0.2) is 0 Å². The van der Waals surface area contributed by atoms with Gasteiger partial charge in [-0.25, -0.2) is 0 Å². The minimum atomic E-state index is -1.25. The molecule has 0 heterocycles. The third kappa shape index (κ3) is 374. The van der Waals surface area contributed by atoms with Crippen LogP contribution in [-0.2, 0) is 0 Å². The minimum Gasteiger partial charge on any atom is -0.896 e. The van der Waals surface area contributed by atoms with Crippen LogP contribution in [0.1, 0.15) is 0 Å². The van der Waals surface area contributed by atoms with Crippen LogP contribution >= 0.6 is 0 Å². The van der Waals surface area contributed by atoms with Gasteiger partial charge in [-0.3, -0.25) is 0 Å². The molecule has 0 amide bonds. The molecule has 0 N–H and O–H groups in total. The maximum absolute atomic E-state index is 8.38. The van der Waals surface area contributed by atoms with Gasteiger partial charge in [-0.2, -0.15) is 0 Å². The summed E-state index contributed by atoms with van der Waals surface area (Å²) in [4.78, 5) is 0. The van der Waals surface area contributed by atoms with Crippen LogP contribution in [0.5, 0.6) is 0 Å². The SMILES string of the molecule is [Bi+3].[Bi+3].[O-]B[O-].[O-]B[O-].[O-]B[O-]. The van der Waals surface area contributed by atoms with E-state index in [4.69, 9.17) is 30.1 Å². The molecular weight excluding hydrogens is 546 g/mol. The molecule has 58 valence electrons. The Labute approximate surface area is 105 Å². The molecule has 0 unspecified atom stereocenters. The molecule has 6 nitrogen and oxygen atoms in total. The van der Waals surface area contributed by atoms with E-state index in [1.165, 1.54) is 0 Å². The van der Waals surface area contributed by atoms with Gasteiger partial charge in [0.15, 0.2) is 0 Å². The van der Waals surface area contributed by atoms with Crippen molar-refractivity contribution in [1.29, 1.82) is 0 Å². The summed E-state index contributed by atoms with van der Waals surface area (Å²) in [5, 5.41) is 50.2. The first-order chi connectivity index (χ1) is 4.24. The fourth-order valence-electron chi connectivity index (χ4n) is 0. The van der Waals surface area contributed by atoms with E-state index in [0.717, 1.165) is 0 Å². The summed E-state index contributed by atoms with van der Waals surface area (Å²) in [7, 11) is -3.75. The summed E-state index contributed by atoms with van der Waals surface area (Å²) in [5.74, 6) is 0. The molecule has 0 saturated carbocycles. The Morgan fingerprint density at radius 1 is 0.455 bits per heavy atom. The average molecular weight is 549 g/mol. The zero-order chi connectivity index (χ0) is 8.12. The Kier molecular flexibility index (Phi) is 161. The molecule has 0 aromatic carbocycles. The first kappa shape index (κ1) is 29.3. The summed E-state index contributed by atoms with van der Waals surface area (Å²) in [5.41, 5.74) is 0. The zero-order valence-electron chi connectivity index (χ0n) is 5.47. The average Bonchev–Trinajstić information content (AvgIpc) is 1.70. The monoisotopic (exact) mass is 550 g/mol. The van der Waals surface area contributed by atoms with Crippen molar-refractivity contribution in [3.8, 4) is 0 Å². The van der Waals surface area contributed by atoms with Gasteiger partial charge >= 0.3 is 52.4 Å². The van der Waals surface area contributed by atoms with E-state index in [-0.39, 0.29) is 52.4 Å². The Bertz CT molecular complexity index is 20.5. The molecule has 0 aliphatic carbocycles. The van der Waals surface area contributed by atoms with E-state index in [1.54, 1.807) is 0 Å². The Morgan fingerprint density at radius 3 is 0.455 bits per heavy atom. The van der Waals surface area contributed by atoms with E-state index >= 15 is 0 Å². The van der Waals surface area contributed by atoms with E-state index in [9.17, 15) is 0 Å². The second-order valence-electron chi connectivity index (χ2n) is 0.354. The van der Waals surface area contributed by atoms with E-state index in [2.05, 4.69) is 0 Å². The molecule has 0 atom stereocenters. The van der Waals surface area contributed by atoms with Crippen LogP contribution in [0, 0.1) is 0 Å². The number of hydrogen-bond acceptors (Lipinski definition) is 6. The predicted molar refractivity (Wildman–Crippen MR) is 33.0 cm³/mol. The molecule has 0 bridgehead atoms. The minimum absolute atomic E-state index is 0. The van der Waals surface area contributed by atoms with Gasteiger partial charge in [-0.1, -0.05) is 0 Å². The molecule has 0 saturated heterocycles. The maximum Gasteiger partial charge on any atom is 3.00 e. The zero-order valence-corrected chi connectivity index (χ0v) is 12.4. The second-order valence-corrected chi connectivity index (χ2v) is 0.354. The van der Waals surface area contributed by atoms with Gasteiger partial charge in [0.2, 0.25) is 0 Å². The van der Waals surface area contributed by atoms with Crippen LogP contribution in [0.4, 0.5) is 0 Å². The predicted octanol–water partition coefficient (Wildman–Crippen LogP) is -9.84. The molecule has 4 radical (unpaired) electrons. The smallest absolute Gasteiger partial charge is 0.896 e. The molecule has 0 fully saturated rings. The van der Waals surface area contributed by atoms with Gasteiger partial charge in [-0.15, -0.1) is 23.1 Å². The third-order valence-corrected chi connectivity index (χ3v) is 0. The van der Waals surface area contributed by atoms with Crippen molar-refractivity contribution in [2.75, 3.05) is 0 Å². The van der Waals surface area contributed by atoms with Crippen LogP contribution in [0.25, 0.3) is 0 Å². The molecule has 11 heavy (non-hydrogen) atoms. The van der Waals surface area contributed by atoms with Crippen molar-refractivity contribution in [2.24, 2.45) is 0 Å². The largest absolute Gasteiger partial charge is 3.00 e. The molecule has 0 aromatic heterocycles. The molecule has 0 spiro atoms. The van der Waals surface area contributed by atoms with Crippen LogP contribution in [-0.4, -0.2) is 75.5 Å². The maximum atomic E-state index is 8.38. The van der Waals surface area contributed by atoms with E-state index in [1.807, 2.05) is 0 Å².